The molecule has 1 fully saturated rings. The molecule has 0 saturated heterocycles. The van der Waals surface area contributed by atoms with Crippen LogP contribution in [0, 0.1) is 5.92 Å². The minimum atomic E-state index is 0.793. The zero-order chi connectivity index (χ0) is 13.1. The maximum atomic E-state index is 2.38. The van der Waals surface area contributed by atoms with E-state index in [0.717, 1.165) is 11.8 Å². The van der Waals surface area contributed by atoms with E-state index in [1.807, 2.05) is 0 Å². The number of hydrogen-bond donors (Lipinski definition) is 0. The summed E-state index contributed by atoms with van der Waals surface area (Å²) in [5.74, 6) is 1.72. The van der Waals surface area contributed by atoms with Gasteiger partial charge in [0.05, 0.1) is 0 Å². The average molecular weight is 250 g/mol. The van der Waals surface area contributed by atoms with Crippen LogP contribution in [0.4, 0.5) is 0 Å². The van der Waals surface area contributed by atoms with E-state index >= 15 is 0 Å². The molecular formula is C19H22. The van der Waals surface area contributed by atoms with Crippen molar-refractivity contribution < 1.29 is 0 Å². The van der Waals surface area contributed by atoms with Crippen LogP contribution in [-0.2, 0) is 0 Å². The first kappa shape index (κ1) is 12.5. The predicted octanol–water partition coefficient (Wildman–Crippen LogP) is 5.65. The second-order valence-corrected chi connectivity index (χ2v) is 5.94. The van der Waals surface area contributed by atoms with Crippen molar-refractivity contribution in [2.75, 3.05) is 0 Å². The fourth-order valence-corrected chi connectivity index (χ4v) is 3.17. The molecule has 0 N–H and O–H groups in total. The average Bonchev–Trinajstić information content (AvgIpc) is 2.49. The molecule has 0 atom stereocenters. The van der Waals surface area contributed by atoms with Crippen molar-refractivity contribution in [2.45, 2.75) is 38.5 Å². The maximum Gasteiger partial charge on any atom is -0.0162 e. The van der Waals surface area contributed by atoms with Gasteiger partial charge in [0.15, 0.2) is 0 Å². The topological polar surface area (TPSA) is 0 Å². The summed E-state index contributed by atoms with van der Waals surface area (Å²) in [6.07, 6.45) is 5.52. The van der Waals surface area contributed by atoms with Gasteiger partial charge in [0, 0.05) is 0 Å². The van der Waals surface area contributed by atoms with Crippen LogP contribution in [0.2, 0.25) is 0 Å². The lowest BCUT2D eigenvalue weighted by Crippen LogP contribution is -2.10. The zero-order valence-corrected chi connectivity index (χ0v) is 11.7. The van der Waals surface area contributed by atoms with Gasteiger partial charge in [-0.15, -0.1) is 0 Å². The quantitative estimate of drug-likeness (QED) is 0.646. The van der Waals surface area contributed by atoms with Crippen LogP contribution in [0.1, 0.15) is 44.1 Å². The first-order valence-corrected chi connectivity index (χ1v) is 7.48. The van der Waals surface area contributed by atoms with Gasteiger partial charge in [0.1, 0.15) is 0 Å². The Hall–Kier alpha value is -1.56. The van der Waals surface area contributed by atoms with Crippen LogP contribution in [0.15, 0.2) is 54.6 Å². The van der Waals surface area contributed by atoms with Crippen molar-refractivity contribution in [3.63, 3.8) is 0 Å². The third kappa shape index (κ3) is 2.89. The minimum Gasteiger partial charge on any atom is -0.0625 e. The van der Waals surface area contributed by atoms with E-state index in [1.54, 1.807) is 0 Å². The summed E-state index contributed by atoms with van der Waals surface area (Å²) in [6.45, 7) is 2.38. The Bertz CT molecular complexity index is 501. The summed E-state index contributed by atoms with van der Waals surface area (Å²) in [5.41, 5.74) is 4.17. The van der Waals surface area contributed by atoms with Crippen LogP contribution in [0.25, 0.3) is 11.1 Å². The van der Waals surface area contributed by atoms with Crippen molar-refractivity contribution in [1.29, 1.82) is 0 Å². The van der Waals surface area contributed by atoms with Gasteiger partial charge in [0.25, 0.3) is 0 Å². The lowest BCUT2D eigenvalue weighted by atomic mass is 9.79. The molecule has 0 radical (unpaired) electrons. The molecule has 0 bridgehead atoms. The van der Waals surface area contributed by atoms with Gasteiger partial charge in [-0.25, -0.2) is 0 Å². The van der Waals surface area contributed by atoms with Crippen molar-refractivity contribution in [3.8, 4) is 11.1 Å². The Labute approximate surface area is 116 Å². The van der Waals surface area contributed by atoms with E-state index in [4.69, 9.17) is 0 Å². The van der Waals surface area contributed by atoms with Gasteiger partial charge in [-0.2, -0.15) is 0 Å². The lowest BCUT2D eigenvalue weighted by Gasteiger charge is -2.26. The van der Waals surface area contributed by atoms with E-state index < -0.39 is 0 Å². The van der Waals surface area contributed by atoms with Gasteiger partial charge in [-0.05, 0) is 41.4 Å². The third-order valence-electron chi connectivity index (χ3n) is 4.51. The summed E-state index contributed by atoms with van der Waals surface area (Å²) in [6, 6.07) is 19.9. The first-order valence-electron chi connectivity index (χ1n) is 7.48. The highest BCUT2D eigenvalue weighted by Crippen LogP contribution is 2.36. The molecule has 0 unspecified atom stereocenters. The SMILES string of the molecule is C[C@H]1CC[C@@H](c2ccc(-c3ccccc3)cc2)CC1. The molecule has 19 heavy (non-hydrogen) atoms. The first-order chi connectivity index (χ1) is 9.33. The van der Waals surface area contributed by atoms with Gasteiger partial charge >= 0.3 is 0 Å². The van der Waals surface area contributed by atoms with Crippen molar-refractivity contribution in [2.24, 2.45) is 5.92 Å². The smallest absolute Gasteiger partial charge is 0.0162 e. The van der Waals surface area contributed by atoms with Crippen LogP contribution in [0.3, 0.4) is 0 Å². The summed E-state index contributed by atoms with van der Waals surface area (Å²) >= 11 is 0. The summed E-state index contributed by atoms with van der Waals surface area (Å²) in [5, 5.41) is 0. The molecular weight excluding hydrogens is 228 g/mol. The van der Waals surface area contributed by atoms with Crippen LogP contribution < -0.4 is 0 Å². The van der Waals surface area contributed by atoms with Crippen LogP contribution in [-0.4, -0.2) is 0 Å². The molecule has 0 aliphatic heterocycles. The Morgan fingerprint density at radius 2 is 1.26 bits per heavy atom. The standard InChI is InChI=1S/C19H22/c1-15-7-9-17(10-8-15)19-13-11-18(12-14-19)16-5-3-2-4-6-16/h2-6,11-15,17H,7-10H2,1H3/t15-,17+. The summed E-state index contributed by atoms with van der Waals surface area (Å²) in [4.78, 5) is 0. The van der Waals surface area contributed by atoms with Crippen molar-refractivity contribution in [3.05, 3.63) is 60.2 Å². The predicted molar refractivity (Wildman–Crippen MR) is 82.3 cm³/mol. The highest BCUT2D eigenvalue weighted by molar-refractivity contribution is 5.63. The Morgan fingerprint density at radius 3 is 1.89 bits per heavy atom. The molecule has 98 valence electrons. The normalized spacial score (nSPS) is 23.2. The molecule has 0 aromatic heterocycles. The molecule has 0 heteroatoms. The zero-order valence-electron chi connectivity index (χ0n) is 11.7. The molecule has 3 rings (SSSR count). The molecule has 1 aliphatic carbocycles. The van der Waals surface area contributed by atoms with Crippen LogP contribution >= 0.6 is 0 Å². The second kappa shape index (κ2) is 5.61. The van der Waals surface area contributed by atoms with E-state index in [9.17, 15) is 0 Å². The fourth-order valence-electron chi connectivity index (χ4n) is 3.17. The molecule has 2 aromatic carbocycles. The monoisotopic (exact) mass is 250 g/mol. The molecule has 2 aromatic rings. The lowest BCUT2D eigenvalue weighted by molar-refractivity contribution is 0.348. The van der Waals surface area contributed by atoms with Crippen molar-refractivity contribution in [1.82, 2.24) is 0 Å². The maximum absolute atomic E-state index is 2.38. The third-order valence-corrected chi connectivity index (χ3v) is 4.51. The van der Waals surface area contributed by atoms with Gasteiger partial charge in [-0.1, -0.05) is 74.4 Å². The van der Waals surface area contributed by atoms with E-state index in [1.165, 1.54) is 42.4 Å². The highest BCUT2D eigenvalue weighted by atomic mass is 14.2. The Balaban J connectivity index is 1.76. The van der Waals surface area contributed by atoms with Gasteiger partial charge < -0.3 is 0 Å². The molecule has 0 nitrogen and oxygen atoms in total. The fraction of sp³-hybridized carbons (Fsp3) is 0.368. The molecule has 0 heterocycles. The van der Waals surface area contributed by atoms with E-state index in [-0.39, 0.29) is 0 Å². The summed E-state index contributed by atoms with van der Waals surface area (Å²) in [7, 11) is 0. The number of hydrogen-bond acceptors (Lipinski definition) is 0. The molecule has 1 aliphatic rings. The molecule has 0 spiro atoms. The largest absolute Gasteiger partial charge is 0.0625 e. The number of rotatable bonds is 2. The van der Waals surface area contributed by atoms with Gasteiger partial charge in [0.2, 0.25) is 0 Å². The summed E-state index contributed by atoms with van der Waals surface area (Å²) < 4.78 is 0. The second-order valence-electron chi connectivity index (χ2n) is 5.94. The van der Waals surface area contributed by atoms with Gasteiger partial charge in [-0.3, -0.25) is 0 Å². The number of benzene rings is 2. The van der Waals surface area contributed by atoms with E-state index in [0.29, 0.717) is 0 Å². The molecule has 1 saturated carbocycles. The minimum absolute atomic E-state index is 0.793. The van der Waals surface area contributed by atoms with E-state index in [2.05, 4.69) is 61.5 Å². The van der Waals surface area contributed by atoms with Crippen LogP contribution in [0.5, 0.6) is 0 Å². The Morgan fingerprint density at radius 1 is 0.684 bits per heavy atom. The highest BCUT2D eigenvalue weighted by Gasteiger charge is 2.19. The van der Waals surface area contributed by atoms with Crippen molar-refractivity contribution >= 4 is 0 Å². The molecule has 0 amide bonds. The Kier molecular flexibility index (Phi) is 3.68.